The van der Waals surface area contributed by atoms with Crippen LogP contribution in [0.2, 0.25) is 0 Å². The molecular weight excluding hydrogens is 374 g/mol. The lowest BCUT2D eigenvalue weighted by atomic mass is 10.1. The minimum Gasteiger partial charge on any atom is -0.496 e. The van der Waals surface area contributed by atoms with Gasteiger partial charge in [0, 0.05) is 11.6 Å². The van der Waals surface area contributed by atoms with Crippen molar-refractivity contribution in [1.82, 2.24) is 5.32 Å². The molecule has 1 aromatic carbocycles. The van der Waals surface area contributed by atoms with E-state index in [1.54, 1.807) is 7.11 Å². The standard InChI is InChI=1S/C14H15Br2NO2/c1-9(11-5-3-4-6-13(11)18-2)17-8-10-7-12(15)14(16)19-10/h3-7,9,17H,8H2,1-2H3/t9-/m1/s1. The van der Waals surface area contributed by atoms with Crippen LogP contribution < -0.4 is 10.1 Å². The molecule has 5 heteroatoms. The summed E-state index contributed by atoms with van der Waals surface area (Å²) in [7, 11) is 1.69. The molecule has 1 aromatic heterocycles. The van der Waals surface area contributed by atoms with Crippen LogP contribution in [0.15, 0.2) is 43.9 Å². The Morgan fingerprint density at radius 2 is 2.05 bits per heavy atom. The number of methoxy groups -OCH3 is 1. The molecule has 3 nitrogen and oxygen atoms in total. The van der Waals surface area contributed by atoms with E-state index in [0.29, 0.717) is 11.2 Å². The molecule has 1 atom stereocenters. The van der Waals surface area contributed by atoms with Crippen LogP contribution >= 0.6 is 31.9 Å². The van der Waals surface area contributed by atoms with Gasteiger partial charge in [-0.25, -0.2) is 0 Å². The number of halogens is 2. The normalized spacial score (nSPS) is 12.4. The molecule has 0 fully saturated rings. The fourth-order valence-corrected chi connectivity index (χ4v) is 2.52. The van der Waals surface area contributed by atoms with Gasteiger partial charge in [-0.1, -0.05) is 18.2 Å². The highest BCUT2D eigenvalue weighted by Crippen LogP contribution is 2.28. The van der Waals surface area contributed by atoms with E-state index in [9.17, 15) is 0 Å². The summed E-state index contributed by atoms with van der Waals surface area (Å²) < 4.78 is 12.5. The maximum atomic E-state index is 5.53. The van der Waals surface area contributed by atoms with Crippen molar-refractivity contribution in [3.05, 3.63) is 50.8 Å². The summed E-state index contributed by atoms with van der Waals surface area (Å²) >= 11 is 6.73. The zero-order valence-electron chi connectivity index (χ0n) is 10.7. The molecule has 1 N–H and O–H groups in total. The van der Waals surface area contributed by atoms with Crippen molar-refractivity contribution in [3.63, 3.8) is 0 Å². The van der Waals surface area contributed by atoms with Gasteiger partial charge in [-0.3, -0.25) is 0 Å². The van der Waals surface area contributed by atoms with E-state index < -0.39 is 0 Å². The van der Waals surface area contributed by atoms with Crippen LogP contribution in [0.3, 0.4) is 0 Å². The van der Waals surface area contributed by atoms with Crippen molar-refractivity contribution in [2.24, 2.45) is 0 Å². The number of ether oxygens (including phenoxy) is 1. The first kappa shape index (κ1) is 14.6. The van der Waals surface area contributed by atoms with E-state index in [1.165, 1.54) is 0 Å². The van der Waals surface area contributed by atoms with Gasteiger partial charge < -0.3 is 14.5 Å². The lowest BCUT2D eigenvalue weighted by molar-refractivity contribution is 0.396. The molecule has 0 aliphatic heterocycles. The molecule has 2 aromatic rings. The minimum absolute atomic E-state index is 0.179. The van der Waals surface area contributed by atoms with E-state index in [2.05, 4.69) is 50.2 Å². The van der Waals surface area contributed by atoms with Crippen molar-refractivity contribution >= 4 is 31.9 Å². The number of para-hydroxylation sites is 1. The van der Waals surface area contributed by atoms with Gasteiger partial charge in [0.25, 0.3) is 0 Å². The zero-order valence-corrected chi connectivity index (χ0v) is 13.9. The average Bonchev–Trinajstić information content (AvgIpc) is 2.75. The van der Waals surface area contributed by atoms with Crippen LogP contribution in [-0.2, 0) is 6.54 Å². The average molecular weight is 389 g/mol. The molecule has 0 radical (unpaired) electrons. The Balaban J connectivity index is 2.03. The molecule has 102 valence electrons. The predicted octanol–water partition coefficient (Wildman–Crippen LogP) is 4.66. The minimum atomic E-state index is 0.179. The molecule has 0 bridgehead atoms. The fourth-order valence-electron chi connectivity index (χ4n) is 1.87. The predicted molar refractivity (Wildman–Crippen MR) is 82.4 cm³/mol. The van der Waals surface area contributed by atoms with E-state index in [0.717, 1.165) is 21.5 Å². The highest BCUT2D eigenvalue weighted by Gasteiger charge is 2.12. The van der Waals surface area contributed by atoms with Crippen molar-refractivity contribution in [2.45, 2.75) is 19.5 Å². The number of furan rings is 1. The van der Waals surface area contributed by atoms with Crippen LogP contribution in [0, 0.1) is 0 Å². The van der Waals surface area contributed by atoms with Crippen LogP contribution in [0.1, 0.15) is 24.3 Å². The van der Waals surface area contributed by atoms with Crippen LogP contribution in [0.4, 0.5) is 0 Å². The third-order valence-corrected chi connectivity index (χ3v) is 4.59. The third kappa shape index (κ3) is 3.61. The second-order valence-electron chi connectivity index (χ2n) is 4.18. The lowest BCUT2D eigenvalue weighted by Gasteiger charge is -2.16. The second kappa shape index (κ2) is 6.59. The third-order valence-electron chi connectivity index (χ3n) is 2.88. The fraction of sp³-hybridized carbons (Fsp3) is 0.286. The second-order valence-corrected chi connectivity index (χ2v) is 5.75. The topological polar surface area (TPSA) is 34.4 Å². The summed E-state index contributed by atoms with van der Waals surface area (Å²) in [5.41, 5.74) is 1.13. The first-order valence-electron chi connectivity index (χ1n) is 5.92. The SMILES string of the molecule is COc1ccccc1[C@@H](C)NCc1cc(Br)c(Br)o1. The molecule has 19 heavy (non-hydrogen) atoms. The number of benzene rings is 1. The molecule has 0 aliphatic carbocycles. The van der Waals surface area contributed by atoms with Gasteiger partial charge in [-0.2, -0.15) is 0 Å². The Bertz CT molecular complexity index is 535. The molecule has 1 heterocycles. The van der Waals surface area contributed by atoms with E-state index in [1.807, 2.05) is 24.3 Å². The van der Waals surface area contributed by atoms with Gasteiger partial charge in [0.05, 0.1) is 18.1 Å². The molecule has 0 unspecified atom stereocenters. The molecule has 0 aliphatic rings. The van der Waals surface area contributed by atoms with Crippen LogP contribution in [0.5, 0.6) is 5.75 Å². The monoisotopic (exact) mass is 387 g/mol. The first-order chi connectivity index (χ1) is 9.11. The zero-order chi connectivity index (χ0) is 13.8. The first-order valence-corrected chi connectivity index (χ1v) is 7.50. The van der Waals surface area contributed by atoms with Gasteiger partial charge in [-0.05, 0) is 50.9 Å². The van der Waals surface area contributed by atoms with Gasteiger partial charge in [0.2, 0.25) is 0 Å². The van der Waals surface area contributed by atoms with Crippen molar-refractivity contribution < 1.29 is 9.15 Å². The Morgan fingerprint density at radius 1 is 1.32 bits per heavy atom. The smallest absolute Gasteiger partial charge is 0.183 e. The maximum Gasteiger partial charge on any atom is 0.183 e. The lowest BCUT2D eigenvalue weighted by Crippen LogP contribution is -2.18. The highest BCUT2D eigenvalue weighted by molar-refractivity contribution is 9.13. The largest absolute Gasteiger partial charge is 0.496 e. The number of nitrogens with one attached hydrogen (secondary N) is 1. The molecule has 2 rings (SSSR count). The quantitative estimate of drug-likeness (QED) is 0.808. The summed E-state index contributed by atoms with van der Waals surface area (Å²) in [5.74, 6) is 1.77. The van der Waals surface area contributed by atoms with Gasteiger partial charge >= 0.3 is 0 Å². The Morgan fingerprint density at radius 3 is 2.68 bits per heavy atom. The van der Waals surface area contributed by atoms with Crippen molar-refractivity contribution in [3.8, 4) is 5.75 Å². The van der Waals surface area contributed by atoms with Gasteiger partial charge in [-0.15, -0.1) is 0 Å². The maximum absolute atomic E-state index is 5.53. The highest BCUT2D eigenvalue weighted by atomic mass is 79.9. The molecule has 0 saturated carbocycles. The van der Waals surface area contributed by atoms with E-state index >= 15 is 0 Å². The van der Waals surface area contributed by atoms with Crippen molar-refractivity contribution in [2.75, 3.05) is 7.11 Å². The summed E-state index contributed by atoms with van der Waals surface area (Å²) in [6.07, 6.45) is 0. The van der Waals surface area contributed by atoms with Crippen LogP contribution in [-0.4, -0.2) is 7.11 Å². The number of rotatable bonds is 5. The Hall–Kier alpha value is -0.780. The molecule has 0 amide bonds. The molecule has 0 spiro atoms. The number of hydrogen-bond donors (Lipinski definition) is 1. The summed E-state index contributed by atoms with van der Waals surface area (Å²) in [6, 6.07) is 10.1. The Kier molecular flexibility index (Phi) is 5.07. The van der Waals surface area contributed by atoms with Gasteiger partial charge in [0.1, 0.15) is 11.5 Å². The van der Waals surface area contributed by atoms with Gasteiger partial charge in [0.15, 0.2) is 4.67 Å². The Labute approximate surface area is 129 Å². The summed E-state index contributed by atoms with van der Waals surface area (Å²) in [4.78, 5) is 0. The summed E-state index contributed by atoms with van der Waals surface area (Å²) in [6.45, 7) is 2.76. The van der Waals surface area contributed by atoms with Crippen LogP contribution in [0.25, 0.3) is 0 Å². The van der Waals surface area contributed by atoms with E-state index in [4.69, 9.17) is 9.15 Å². The molecule has 0 saturated heterocycles. The van der Waals surface area contributed by atoms with Crippen molar-refractivity contribution in [1.29, 1.82) is 0 Å². The van der Waals surface area contributed by atoms with E-state index in [-0.39, 0.29) is 6.04 Å². The molecular formula is C14H15Br2NO2. The number of hydrogen-bond acceptors (Lipinski definition) is 3. The summed E-state index contributed by atoms with van der Waals surface area (Å²) in [5, 5.41) is 3.42.